The molecule has 39 heavy (non-hydrogen) atoms. The summed E-state index contributed by atoms with van der Waals surface area (Å²) in [5, 5.41) is 35.0. The Morgan fingerprint density at radius 1 is 1.10 bits per heavy atom. The highest BCUT2D eigenvalue weighted by Crippen LogP contribution is 2.31. The van der Waals surface area contributed by atoms with Crippen molar-refractivity contribution in [3.05, 3.63) is 22.6 Å². The number of allylic oxidation sites excluding steroid dienone is 1. The third-order valence-corrected chi connectivity index (χ3v) is 6.96. The van der Waals surface area contributed by atoms with Gasteiger partial charge < -0.3 is 42.5 Å². The number of carboxylic acid groups (broad SMARTS) is 1. The van der Waals surface area contributed by atoms with Crippen molar-refractivity contribution < 1.29 is 34.2 Å². The molecule has 0 aliphatic carbocycles. The first-order valence-corrected chi connectivity index (χ1v) is 12.8. The SMILES string of the molecule is CC(=O)N=C1CC=C(C(O)C(NC(=O)C(C)NC(=O)C(C)NC(=O)C(N)CC2=CCN(C(=N)N)C2)C(=O)O)S1. The van der Waals surface area contributed by atoms with E-state index in [1.54, 1.807) is 4.90 Å². The number of aliphatic imine (C=N–C) groups is 1. The van der Waals surface area contributed by atoms with E-state index in [2.05, 4.69) is 20.9 Å². The average molecular weight is 567 g/mol. The van der Waals surface area contributed by atoms with Crippen LogP contribution in [-0.4, -0.2) is 99.1 Å². The Labute approximate surface area is 229 Å². The highest BCUT2D eigenvalue weighted by molar-refractivity contribution is 8.17. The van der Waals surface area contributed by atoms with Crippen molar-refractivity contribution in [2.75, 3.05) is 13.1 Å². The number of amides is 4. The second kappa shape index (κ2) is 13.9. The van der Waals surface area contributed by atoms with Crippen molar-refractivity contribution >= 4 is 52.4 Å². The van der Waals surface area contributed by atoms with Gasteiger partial charge >= 0.3 is 5.97 Å². The monoisotopic (exact) mass is 566 g/mol. The number of carbonyl (C=O) groups excluding carboxylic acids is 4. The largest absolute Gasteiger partial charge is 0.480 e. The van der Waals surface area contributed by atoms with Crippen LogP contribution in [0.25, 0.3) is 0 Å². The topological polar surface area (TPSA) is 253 Å². The van der Waals surface area contributed by atoms with Crippen LogP contribution in [0.5, 0.6) is 0 Å². The number of thioether (sulfide) groups is 1. The molecule has 0 aromatic heterocycles. The van der Waals surface area contributed by atoms with Gasteiger partial charge in [-0.15, -0.1) is 0 Å². The van der Waals surface area contributed by atoms with Gasteiger partial charge in [0.2, 0.25) is 23.6 Å². The van der Waals surface area contributed by atoms with Crippen LogP contribution in [0.15, 0.2) is 27.6 Å². The molecule has 4 amide bonds. The number of aliphatic hydroxyl groups excluding tert-OH is 1. The Bertz CT molecular complexity index is 1120. The molecule has 2 rings (SSSR count). The van der Waals surface area contributed by atoms with Crippen molar-refractivity contribution in [1.82, 2.24) is 20.9 Å². The molecule has 0 aromatic rings. The molecule has 2 heterocycles. The third-order valence-electron chi connectivity index (χ3n) is 5.82. The zero-order valence-electron chi connectivity index (χ0n) is 21.8. The van der Waals surface area contributed by atoms with Gasteiger partial charge in [-0.1, -0.05) is 29.5 Å². The van der Waals surface area contributed by atoms with Crippen molar-refractivity contribution in [1.29, 1.82) is 5.41 Å². The molecule has 5 atom stereocenters. The molecule has 0 saturated heterocycles. The quantitative estimate of drug-likeness (QED) is 0.0752. The second-order valence-corrected chi connectivity index (χ2v) is 10.3. The minimum Gasteiger partial charge on any atom is -0.480 e. The smallest absolute Gasteiger partial charge is 0.329 e. The molecule has 16 heteroatoms. The molecule has 0 bridgehead atoms. The molecule has 2 aliphatic rings. The molecule has 0 radical (unpaired) electrons. The van der Waals surface area contributed by atoms with Gasteiger partial charge in [0.1, 0.15) is 18.2 Å². The highest BCUT2D eigenvalue weighted by atomic mass is 32.2. The number of hydrogen-bond donors (Lipinski definition) is 8. The van der Waals surface area contributed by atoms with Gasteiger partial charge in [-0.2, -0.15) is 0 Å². The first kappa shape index (κ1) is 31.5. The van der Waals surface area contributed by atoms with E-state index < -0.39 is 59.9 Å². The number of nitrogens with zero attached hydrogens (tertiary/aromatic N) is 2. The lowest BCUT2D eigenvalue weighted by Gasteiger charge is -2.24. The fourth-order valence-corrected chi connectivity index (χ4v) is 4.70. The van der Waals surface area contributed by atoms with Gasteiger partial charge in [0.15, 0.2) is 12.0 Å². The predicted molar refractivity (Wildman–Crippen MR) is 143 cm³/mol. The zero-order valence-corrected chi connectivity index (χ0v) is 22.6. The van der Waals surface area contributed by atoms with Crippen LogP contribution in [-0.2, 0) is 24.0 Å². The standard InChI is InChI=1S/C23H34N8O7S/c1-10(28-21(36)14(24)8-13-6-7-31(9-13)23(25)26)19(34)27-11(2)20(35)30-17(22(37)38)18(33)15-4-5-16(39-15)29-12(3)32/h4,6,10-11,14,17-18,33H,5,7-9,24H2,1-3H3,(H3,25,26)(H,27,34)(H,28,36)(H,30,35)(H,37,38). The van der Waals surface area contributed by atoms with E-state index in [-0.39, 0.29) is 23.7 Å². The molecule has 214 valence electrons. The van der Waals surface area contributed by atoms with Gasteiger partial charge in [0.05, 0.1) is 11.1 Å². The van der Waals surface area contributed by atoms with Crippen LogP contribution in [0.2, 0.25) is 0 Å². The van der Waals surface area contributed by atoms with E-state index in [9.17, 15) is 34.2 Å². The third kappa shape index (κ3) is 9.19. The van der Waals surface area contributed by atoms with Crippen molar-refractivity contribution in [3.63, 3.8) is 0 Å². The fraction of sp³-hybridized carbons (Fsp3) is 0.522. The molecule has 5 unspecified atom stereocenters. The number of carboxylic acids is 1. The summed E-state index contributed by atoms with van der Waals surface area (Å²) in [6.45, 7) is 4.80. The molecule has 0 aromatic carbocycles. The van der Waals surface area contributed by atoms with Crippen LogP contribution in [0.3, 0.4) is 0 Å². The number of nitrogens with two attached hydrogens (primary N) is 2. The Kier molecular flexibility index (Phi) is 11.2. The van der Waals surface area contributed by atoms with Crippen LogP contribution >= 0.6 is 11.8 Å². The fourth-order valence-electron chi connectivity index (χ4n) is 3.66. The molecule has 0 fully saturated rings. The summed E-state index contributed by atoms with van der Waals surface area (Å²) in [5.74, 6) is -4.22. The van der Waals surface area contributed by atoms with E-state index in [0.29, 0.717) is 18.1 Å². The van der Waals surface area contributed by atoms with Gasteiger partial charge in [0.25, 0.3) is 0 Å². The normalized spacial score (nSPS) is 19.7. The molecule has 15 nitrogen and oxygen atoms in total. The molecule has 0 saturated carbocycles. The lowest BCUT2D eigenvalue weighted by Crippen LogP contribution is -2.57. The maximum atomic E-state index is 12.6. The predicted octanol–water partition coefficient (Wildman–Crippen LogP) is -2.26. The second-order valence-electron chi connectivity index (χ2n) is 9.11. The van der Waals surface area contributed by atoms with E-state index in [1.165, 1.54) is 26.8 Å². The molecular formula is C23H34N8O7S. The van der Waals surface area contributed by atoms with E-state index in [4.69, 9.17) is 16.9 Å². The Balaban J connectivity index is 1.87. The molecule has 0 spiro atoms. The maximum Gasteiger partial charge on any atom is 0.329 e. The number of carbonyl (C=O) groups is 5. The van der Waals surface area contributed by atoms with Crippen LogP contribution < -0.4 is 27.4 Å². The number of rotatable bonds is 11. The van der Waals surface area contributed by atoms with Crippen molar-refractivity contribution in [2.24, 2.45) is 16.5 Å². The summed E-state index contributed by atoms with van der Waals surface area (Å²) < 4.78 is 0. The zero-order chi connectivity index (χ0) is 29.4. The summed E-state index contributed by atoms with van der Waals surface area (Å²) in [6, 6.07) is -4.96. The van der Waals surface area contributed by atoms with Crippen LogP contribution in [0, 0.1) is 5.41 Å². The summed E-state index contributed by atoms with van der Waals surface area (Å²) in [7, 11) is 0. The summed E-state index contributed by atoms with van der Waals surface area (Å²) in [6.07, 6.45) is 2.18. The van der Waals surface area contributed by atoms with Crippen LogP contribution in [0.1, 0.15) is 33.6 Å². The van der Waals surface area contributed by atoms with Gasteiger partial charge in [-0.25, -0.2) is 9.79 Å². The summed E-state index contributed by atoms with van der Waals surface area (Å²) in [5.41, 5.74) is 12.2. The number of aliphatic carboxylic acids is 1. The van der Waals surface area contributed by atoms with Crippen molar-refractivity contribution in [2.45, 2.75) is 63.9 Å². The summed E-state index contributed by atoms with van der Waals surface area (Å²) >= 11 is 0.947. The number of guanidine groups is 1. The highest BCUT2D eigenvalue weighted by Gasteiger charge is 2.35. The summed E-state index contributed by atoms with van der Waals surface area (Å²) in [4.78, 5) is 66.1. The van der Waals surface area contributed by atoms with Gasteiger partial charge in [-0.3, -0.25) is 24.6 Å². The van der Waals surface area contributed by atoms with E-state index in [0.717, 1.165) is 17.3 Å². The maximum absolute atomic E-state index is 12.6. The minimum atomic E-state index is -1.73. The van der Waals surface area contributed by atoms with E-state index in [1.807, 2.05) is 6.08 Å². The molecular weight excluding hydrogens is 532 g/mol. The van der Waals surface area contributed by atoms with Gasteiger partial charge in [0, 0.05) is 31.3 Å². The van der Waals surface area contributed by atoms with E-state index >= 15 is 0 Å². The lowest BCUT2D eigenvalue weighted by atomic mass is 10.1. The average Bonchev–Trinajstić information content (AvgIpc) is 3.51. The Morgan fingerprint density at radius 2 is 1.69 bits per heavy atom. The number of nitrogens with one attached hydrogen (secondary N) is 4. The minimum absolute atomic E-state index is 0.0883. The number of hydrogen-bond acceptors (Lipinski definition) is 9. The van der Waals surface area contributed by atoms with Crippen molar-refractivity contribution in [3.8, 4) is 0 Å². The first-order chi connectivity index (χ1) is 18.2. The first-order valence-electron chi connectivity index (χ1n) is 12.0. The Morgan fingerprint density at radius 3 is 2.23 bits per heavy atom. The lowest BCUT2D eigenvalue weighted by molar-refractivity contribution is -0.144. The van der Waals surface area contributed by atoms with Gasteiger partial charge in [-0.05, 0) is 20.3 Å². The molecule has 10 N–H and O–H groups in total. The Hall–Kier alpha value is -3.76. The van der Waals surface area contributed by atoms with Crippen LogP contribution in [0.4, 0.5) is 0 Å². The number of aliphatic hydroxyl groups is 1. The molecule has 2 aliphatic heterocycles.